The predicted octanol–water partition coefficient (Wildman–Crippen LogP) is 4.76. The summed E-state index contributed by atoms with van der Waals surface area (Å²) in [5, 5.41) is 2.56. The summed E-state index contributed by atoms with van der Waals surface area (Å²) in [5.74, 6) is 0.708. The third kappa shape index (κ3) is 2.74. The van der Waals surface area contributed by atoms with Gasteiger partial charge in [-0.15, -0.1) is 11.3 Å². The largest absolute Gasteiger partial charge is 0.232 e. The molecule has 0 aliphatic rings. The summed E-state index contributed by atoms with van der Waals surface area (Å²) in [6, 6.07) is 14.2. The lowest BCUT2D eigenvalue weighted by Gasteiger charge is -2.09. The summed E-state index contributed by atoms with van der Waals surface area (Å²) < 4.78 is 0. The highest BCUT2D eigenvalue weighted by Crippen LogP contribution is 2.26. The number of hydrogen-bond acceptors (Lipinski definition) is 3. The predicted molar refractivity (Wildman–Crippen MR) is 84.3 cm³/mol. The summed E-state index contributed by atoms with van der Waals surface area (Å²) in [4.78, 5) is 10.1. The fraction of sp³-hybridized carbons (Fsp3) is 0.125. The zero-order valence-corrected chi connectivity index (χ0v) is 12.6. The summed E-state index contributed by atoms with van der Waals surface area (Å²) in [5.41, 5.74) is 3.15. The zero-order valence-electron chi connectivity index (χ0n) is 11.0. The van der Waals surface area contributed by atoms with E-state index in [1.54, 1.807) is 11.3 Å². The van der Waals surface area contributed by atoms with Gasteiger partial charge in [-0.1, -0.05) is 48.0 Å². The van der Waals surface area contributed by atoms with Crippen LogP contribution in [0.1, 0.15) is 16.8 Å². The lowest BCUT2D eigenvalue weighted by molar-refractivity contribution is 1.03. The van der Waals surface area contributed by atoms with Gasteiger partial charge < -0.3 is 0 Å². The molecule has 3 rings (SSSR count). The number of aromatic nitrogens is 2. The molecule has 0 N–H and O–H groups in total. The quantitative estimate of drug-likeness (QED) is 0.652. The van der Waals surface area contributed by atoms with Gasteiger partial charge in [0.25, 0.3) is 0 Å². The third-order valence-corrected chi connectivity index (χ3v) is 4.31. The number of halogens is 1. The van der Waals surface area contributed by atoms with Gasteiger partial charge in [0.15, 0.2) is 5.82 Å². The minimum absolute atomic E-state index is 0.546. The van der Waals surface area contributed by atoms with E-state index >= 15 is 0 Å². The van der Waals surface area contributed by atoms with Crippen LogP contribution in [0.5, 0.6) is 0 Å². The SMILES string of the molecule is Cc1nc(-c2cccs2)nc(Cl)c1Cc1ccccc1. The van der Waals surface area contributed by atoms with E-state index in [4.69, 9.17) is 11.6 Å². The Hall–Kier alpha value is -1.71. The minimum Gasteiger partial charge on any atom is -0.232 e. The molecule has 0 atom stereocenters. The van der Waals surface area contributed by atoms with E-state index in [0.717, 1.165) is 22.6 Å². The molecule has 2 heterocycles. The summed E-state index contributed by atoms with van der Waals surface area (Å²) in [7, 11) is 0. The highest BCUT2D eigenvalue weighted by molar-refractivity contribution is 7.13. The second-order valence-corrected chi connectivity index (χ2v) is 5.85. The second kappa shape index (κ2) is 5.73. The van der Waals surface area contributed by atoms with Gasteiger partial charge in [0, 0.05) is 17.7 Å². The molecule has 1 aromatic carbocycles. The van der Waals surface area contributed by atoms with Crippen molar-refractivity contribution in [3.8, 4) is 10.7 Å². The molecular formula is C16H13ClN2S. The van der Waals surface area contributed by atoms with Gasteiger partial charge in [-0.25, -0.2) is 9.97 Å². The van der Waals surface area contributed by atoms with E-state index in [0.29, 0.717) is 11.0 Å². The van der Waals surface area contributed by atoms with Crippen molar-refractivity contribution in [1.82, 2.24) is 9.97 Å². The number of rotatable bonds is 3. The maximum atomic E-state index is 6.35. The molecule has 0 aliphatic heterocycles. The molecule has 20 heavy (non-hydrogen) atoms. The molecule has 0 saturated heterocycles. The molecule has 0 aliphatic carbocycles. The van der Waals surface area contributed by atoms with E-state index in [1.807, 2.05) is 42.6 Å². The van der Waals surface area contributed by atoms with Crippen molar-refractivity contribution in [3.05, 3.63) is 69.8 Å². The Morgan fingerprint density at radius 3 is 2.50 bits per heavy atom. The Morgan fingerprint density at radius 1 is 1.05 bits per heavy atom. The molecule has 2 aromatic heterocycles. The maximum absolute atomic E-state index is 6.35. The van der Waals surface area contributed by atoms with Crippen LogP contribution in [0.15, 0.2) is 47.8 Å². The van der Waals surface area contributed by atoms with E-state index in [2.05, 4.69) is 22.1 Å². The van der Waals surface area contributed by atoms with Crippen LogP contribution < -0.4 is 0 Å². The number of thiophene rings is 1. The van der Waals surface area contributed by atoms with Gasteiger partial charge in [0.2, 0.25) is 0 Å². The van der Waals surface area contributed by atoms with Gasteiger partial charge in [-0.05, 0) is 23.9 Å². The van der Waals surface area contributed by atoms with Crippen LogP contribution in [-0.4, -0.2) is 9.97 Å². The van der Waals surface area contributed by atoms with E-state index in [9.17, 15) is 0 Å². The topological polar surface area (TPSA) is 25.8 Å². The molecule has 2 nitrogen and oxygen atoms in total. The Kier molecular flexibility index (Phi) is 3.81. The molecular weight excluding hydrogens is 288 g/mol. The molecule has 3 aromatic rings. The summed E-state index contributed by atoms with van der Waals surface area (Å²) in [6.45, 7) is 1.99. The molecule has 0 spiro atoms. The Balaban J connectivity index is 1.97. The first kappa shape index (κ1) is 13.3. The first-order valence-electron chi connectivity index (χ1n) is 6.35. The second-order valence-electron chi connectivity index (χ2n) is 4.54. The third-order valence-electron chi connectivity index (χ3n) is 3.13. The van der Waals surface area contributed by atoms with E-state index in [-0.39, 0.29) is 0 Å². The number of hydrogen-bond donors (Lipinski definition) is 0. The Labute approximate surface area is 127 Å². The van der Waals surface area contributed by atoms with Crippen LogP contribution in [0.2, 0.25) is 5.15 Å². The van der Waals surface area contributed by atoms with Crippen LogP contribution in [0.4, 0.5) is 0 Å². The van der Waals surface area contributed by atoms with Gasteiger partial charge in [0.05, 0.1) is 4.88 Å². The first-order chi connectivity index (χ1) is 9.74. The lowest BCUT2D eigenvalue weighted by atomic mass is 10.1. The molecule has 0 bridgehead atoms. The van der Waals surface area contributed by atoms with Gasteiger partial charge in [-0.2, -0.15) is 0 Å². The smallest absolute Gasteiger partial charge is 0.171 e. The number of aryl methyl sites for hydroxylation is 1. The molecule has 0 fully saturated rings. The van der Waals surface area contributed by atoms with Crippen molar-refractivity contribution in [1.29, 1.82) is 0 Å². The maximum Gasteiger partial charge on any atom is 0.171 e. The van der Waals surface area contributed by atoms with E-state index in [1.165, 1.54) is 5.56 Å². The molecule has 0 unspecified atom stereocenters. The van der Waals surface area contributed by atoms with Gasteiger partial charge in [0.1, 0.15) is 5.15 Å². The molecule has 0 amide bonds. The van der Waals surface area contributed by atoms with Crippen LogP contribution in [0.25, 0.3) is 10.7 Å². The fourth-order valence-electron chi connectivity index (χ4n) is 2.08. The standard InChI is InChI=1S/C16H13ClN2S/c1-11-13(10-12-6-3-2-4-7-12)15(17)19-16(18-11)14-8-5-9-20-14/h2-9H,10H2,1H3. The van der Waals surface area contributed by atoms with Crippen molar-refractivity contribution in [2.45, 2.75) is 13.3 Å². The minimum atomic E-state index is 0.546. The Morgan fingerprint density at radius 2 is 1.85 bits per heavy atom. The van der Waals surface area contributed by atoms with Crippen molar-refractivity contribution in [2.75, 3.05) is 0 Å². The van der Waals surface area contributed by atoms with Crippen LogP contribution in [0.3, 0.4) is 0 Å². The van der Waals surface area contributed by atoms with Crippen molar-refractivity contribution < 1.29 is 0 Å². The number of nitrogens with zero attached hydrogens (tertiary/aromatic N) is 2. The van der Waals surface area contributed by atoms with Gasteiger partial charge >= 0.3 is 0 Å². The first-order valence-corrected chi connectivity index (χ1v) is 7.60. The van der Waals surface area contributed by atoms with Crippen LogP contribution >= 0.6 is 22.9 Å². The van der Waals surface area contributed by atoms with Crippen LogP contribution in [-0.2, 0) is 6.42 Å². The molecule has 100 valence electrons. The van der Waals surface area contributed by atoms with Crippen molar-refractivity contribution >= 4 is 22.9 Å². The van der Waals surface area contributed by atoms with Crippen molar-refractivity contribution in [3.63, 3.8) is 0 Å². The fourth-order valence-corrected chi connectivity index (χ4v) is 3.02. The molecule has 0 saturated carbocycles. The Bertz CT molecular complexity index is 686. The molecule has 4 heteroatoms. The monoisotopic (exact) mass is 300 g/mol. The van der Waals surface area contributed by atoms with Crippen LogP contribution in [0, 0.1) is 6.92 Å². The molecule has 0 radical (unpaired) electrons. The van der Waals surface area contributed by atoms with E-state index < -0.39 is 0 Å². The summed E-state index contributed by atoms with van der Waals surface area (Å²) in [6.07, 6.45) is 0.760. The highest BCUT2D eigenvalue weighted by Gasteiger charge is 2.12. The lowest BCUT2D eigenvalue weighted by Crippen LogP contribution is -2.00. The van der Waals surface area contributed by atoms with Gasteiger partial charge in [-0.3, -0.25) is 0 Å². The summed E-state index contributed by atoms with van der Waals surface area (Å²) >= 11 is 7.97. The number of benzene rings is 1. The average molecular weight is 301 g/mol. The average Bonchev–Trinajstić information content (AvgIpc) is 2.98. The highest BCUT2D eigenvalue weighted by atomic mass is 35.5. The normalized spacial score (nSPS) is 10.7. The zero-order chi connectivity index (χ0) is 13.9. The van der Waals surface area contributed by atoms with Crippen molar-refractivity contribution in [2.24, 2.45) is 0 Å².